The zero-order chi connectivity index (χ0) is 19.0. The lowest BCUT2D eigenvalue weighted by Gasteiger charge is -2.07. The smallest absolute Gasteiger partial charge is 0.198 e. The third-order valence-electron chi connectivity index (χ3n) is 3.06. The van der Waals surface area contributed by atoms with Crippen LogP contribution in [-0.2, 0) is 0 Å². The number of hydrogen-bond acceptors (Lipinski definition) is 0. The molecule has 0 saturated heterocycles. The third-order valence-corrected chi connectivity index (χ3v) is 3.06. The van der Waals surface area contributed by atoms with Gasteiger partial charge in [0.15, 0.2) is 29.4 Å². The molecule has 1 aliphatic carbocycles. The van der Waals surface area contributed by atoms with Gasteiger partial charge in [0, 0.05) is 20.3 Å². The van der Waals surface area contributed by atoms with Crippen molar-refractivity contribution in [2.24, 2.45) is 0 Å². The van der Waals surface area contributed by atoms with Crippen LogP contribution in [0, 0.1) is 23.3 Å². The van der Waals surface area contributed by atoms with Gasteiger partial charge in [0.1, 0.15) is 0 Å². The van der Waals surface area contributed by atoms with Crippen molar-refractivity contribution in [3.63, 3.8) is 0 Å². The number of benzene rings is 2. The summed E-state index contributed by atoms with van der Waals surface area (Å²) in [4.78, 5) is 0. The molecule has 0 saturated carbocycles. The first-order valence-corrected chi connectivity index (χ1v) is 6.65. The summed E-state index contributed by atoms with van der Waals surface area (Å²) in [5, 5.41) is 0. The second-order valence-electron chi connectivity index (χ2n) is 3.99. The summed E-state index contributed by atoms with van der Waals surface area (Å²) >= 11 is 0. The van der Waals surface area contributed by atoms with Crippen LogP contribution in [0.2, 0.25) is 0 Å². The molecule has 1 atom stereocenters. The summed E-state index contributed by atoms with van der Waals surface area (Å²) in [5.41, 5.74) is -1.24. The second-order valence-corrected chi connectivity index (χ2v) is 3.99. The Balaban J connectivity index is 0.000000798. The molecule has 0 heterocycles. The van der Waals surface area contributed by atoms with Crippen LogP contribution in [0.5, 0.6) is 0 Å². The molecule has 1 unspecified atom stereocenters. The standard InChI is InChI=1S/C13H5F5.C2H6.CH3F.F2/c14-9-6-4-2-1-3-5(6)7-8(9)11(16)13(18)12(17)10(7)15;3*1-2/h1-4,9H;1-2H3;1H3;. The first-order valence-electron chi connectivity index (χ1n) is 6.65. The highest BCUT2D eigenvalue weighted by Gasteiger charge is 2.37. The van der Waals surface area contributed by atoms with Crippen molar-refractivity contribution in [2.45, 2.75) is 20.0 Å². The number of fused-ring (bicyclic) bond motifs is 3. The van der Waals surface area contributed by atoms with E-state index in [2.05, 4.69) is 0 Å². The Kier molecular flexibility index (Phi) is 9.02. The van der Waals surface area contributed by atoms with Crippen LogP contribution in [-0.4, -0.2) is 7.18 Å². The molecule has 3 rings (SSSR count). The minimum atomic E-state index is -1.99. The van der Waals surface area contributed by atoms with E-state index >= 15 is 0 Å². The molecule has 2 aromatic carbocycles. The van der Waals surface area contributed by atoms with E-state index in [4.69, 9.17) is 9.15 Å². The van der Waals surface area contributed by atoms with E-state index in [0.717, 1.165) is 0 Å². The van der Waals surface area contributed by atoms with Gasteiger partial charge in [-0.3, -0.25) is 4.39 Å². The highest BCUT2D eigenvalue weighted by molar-refractivity contribution is 5.79. The average Bonchev–Trinajstić information content (AvgIpc) is 2.96. The van der Waals surface area contributed by atoms with Gasteiger partial charge in [0.05, 0.1) is 7.18 Å². The van der Waals surface area contributed by atoms with E-state index < -0.39 is 40.6 Å². The van der Waals surface area contributed by atoms with Crippen LogP contribution < -0.4 is 0 Å². The predicted octanol–water partition coefficient (Wildman–Crippen LogP) is 6.73. The Bertz CT molecular complexity index is 670. The van der Waals surface area contributed by atoms with Gasteiger partial charge in [0.25, 0.3) is 0 Å². The van der Waals surface area contributed by atoms with E-state index in [1.54, 1.807) is 0 Å². The van der Waals surface area contributed by atoms with Gasteiger partial charge in [-0.1, -0.05) is 38.1 Å². The normalized spacial score (nSPS) is 13.2. The molecule has 24 heavy (non-hydrogen) atoms. The molecule has 2 aromatic rings. The fraction of sp³-hybridized carbons (Fsp3) is 0.250. The first-order chi connectivity index (χ1) is 11.5. The molecule has 0 amide bonds. The summed E-state index contributed by atoms with van der Waals surface area (Å²) in [6, 6.07) is 5.64. The molecule has 0 bridgehead atoms. The predicted molar refractivity (Wildman–Crippen MR) is 75.3 cm³/mol. The molecule has 0 fully saturated rings. The van der Waals surface area contributed by atoms with Crippen molar-refractivity contribution in [1.82, 2.24) is 0 Å². The summed E-state index contributed by atoms with van der Waals surface area (Å²) in [5.74, 6) is -7.14. The average molecular weight is 358 g/mol. The van der Waals surface area contributed by atoms with Crippen molar-refractivity contribution < 1.29 is 35.5 Å². The molecule has 0 nitrogen and oxygen atoms in total. The van der Waals surface area contributed by atoms with E-state index in [-0.39, 0.29) is 11.1 Å². The Morgan fingerprint density at radius 1 is 0.750 bits per heavy atom. The fourth-order valence-corrected chi connectivity index (χ4v) is 2.25. The van der Waals surface area contributed by atoms with Crippen molar-refractivity contribution in [2.75, 3.05) is 7.18 Å². The highest BCUT2D eigenvalue weighted by atomic mass is 20.0. The highest BCUT2D eigenvalue weighted by Crippen LogP contribution is 2.48. The lowest BCUT2D eigenvalue weighted by Crippen LogP contribution is -2.03. The molecule has 1 aliphatic rings. The quantitative estimate of drug-likeness (QED) is 0.278. The Hall–Kier alpha value is -2.12. The molecular weight excluding hydrogens is 344 g/mol. The number of halogens is 8. The minimum absolute atomic E-state index is 0.00954. The maximum absolute atomic E-state index is 14.0. The zero-order valence-electron chi connectivity index (χ0n) is 12.9. The van der Waals surface area contributed by atoms with Crippen LogP contribution in [0.4, 0.5) is 35.5 Å². The van der Waals surface area contributed by atoms with Gasteiger partial charge in [-0.15, -0.1) is 0 Å². The van der Waals surface area contributed by atoms with E-state index in [0.29, 0.717) is 7.18 Å². The first kappa shape index (κ1) is 21.9. The molecule has 0 aliphatic heterocycles. The molecule has 134 valence electrons. The van der Waals surface area contributed by atoms with Gasteiger partial charge in [-0.25, -0.2) is 22.0 Å². The number of alkyl halides is 2. The summed E-state index contributed by atoms with van der Waals surface area (Å²) in [7, 11) is 0.500. The minimum Gasteiger partial charge on any atom is -0.255 e. The largest absolute Gasteiger partial charge is 0.255 e. The Morgan fingerprint density at radius 2 is 1.21 bits per heavy atom. The Morgan fingerprint density at radius 3 is 1.75 bits per heavy atom. The van der Waals surface area contributed by atoms with E-state index in [1.165, 1.54) is 24.3 Å². The van der Waals surface area contributed by atoms with Gasteiger partial charge < -0.3 is 0 Å². The van der Waals surface area contributed by atoms with E-state index in [1.807, 2.05) is 13.8 Å². The molecule has 0 N–H and O–H groups in total. The molecule has 0 radical (unpaired) electrons. The van der Waals surface area contributed by atoms with Crippen LogP contribution >= 0.6 is 0 Å². The summed E-state index contributed by atoms with van der Waals surface area (Å²) < 4.78 is 92.9. The van der Waals surface area contributed by atoms with Crippen molar-refractivity contribution in [3.05, 3.63) is 58.7 Å². The second kappa shape index (κ2) is 9.89. The zero-order valence-corrected chi connectivity index (χ0v) is 12.9. The van der Waals surface area contributed by atoms with Crippen LogP contribution in [0.15, 0.2) is 24.3 Å². The van der Waals surface area contributed by atoms with Gasteiger partial charge in [0.2, 0.25) is 0 Å². The SMILES string of the molecule is CC.CF.FF.Fc1c(F)c(F)c2c(c1F)-c1ccccc1C2F. The monoisotopic (exact) mass is 358 g/mol. The van der Waals surface area contributed by atoms with E-state index in [9.17, 15) is 26.3 Å². The maximum Gasteiger partial charge on any atom is 0.198 e. The van der Waals surface area contributed by atoms with Gasteiger partial charge >= 0.3 is 0 Å². The van der Waals surface area contributed by atoms with Gasteiger partial charge in [-0.05, 0) is 11.1 Å². The molecule has 0 spiro atoms. The molecule has 8 heteroatoms. The van der Waals surface area contributed by atoms with Crippen molar-refractivity contribution in [1.29, 1.82) is 0 Å². The van der Waals surface area contributed by atoms with Crippen LogP contribution in [0.1, 0.15) is 31.1 Å². The molecular formula is C16H14F8. The number of hydrogen-bond donors (Lipinski definition) is 0. The van der Waals surface area contributed by atoms with Gasteiger partial charge in [-0.2, -0.15) is 0 Å². The topological polar surface area (TPSA) is 0 Å². The third kappa shape index (κ3) is 3.52. The maximum atomic E-state index is 14.0. The van der Waals surface area contributed by atoms with Crippen molar-refractivity contribution in [3.8, 4) is 11.1 Å². The van der Waals surface area contributed by atoms with Crippen LogP contribution in [0.3, 0.4) is 0 Å². The molecule has 0 aromatic heterocycles. The number of rotatable bonds is 0. The summed E-state index contributed by atoms with van der Waals surface area (Å²) in [6.45, 7) is 4.00. The Labute approximate surface area is 133 Å². The van der Waals surface area contributed by atoms with Crippen molar-refractivity contribution >= 4 is 0 Å². The lowest BCUT2D eigenvalue weighted by molar-refractivity contribution is 0.108. The lowest BCUT2D eigenvalue weighted by atomic mass is 10.0. The summed E-state index contributed by atoms with van der Waals surface area (Å²) in [6.07, 6.45) is -1.99. The van der Waals surface area contributed by atoms with Crippen LogP contribution in [0.25, 0.3) is 11.1 Å². The fourth-order valence-electron chi connectivity index (χ4n) is 2.25.